The largest absolute Gasteiger partial charge is 0.355 e. The van der Waals surface area contributed by atoms with Crippen LogP contribution in [0, 0.1) is 11.6 Å². The van der Waals surface area contributed by atoms with Crippen molar-refractivity contribution < 1.29 is 13.6 Å². The van der Waals surface area contributed by atoms with E-state index >= 15 is 0 Å². The zero-order valence-corrected chi connectivity index (χ0v) is 16.2. The first-order valence-corrected chi connectivity index (χ1v) is 9.69. The van der Waals surface area contributed by atoms with Gasteiger partial charge in [0.25, 0.3) is 5.91 Å². The quantitative estimate of drug-likeness (QED) is 0.662. The average molecular weight is 417 g/mol. The lowest BCUT2D eigenvalue weighted by Crippen LogP contribution is -2.45. The van der Waals surface area contributed by atoms with Crippen molar-refractivity contribution in [2.75, 3.05) is 18.0 Å². The Morgan fingerprint density at radius 3 is 2.52 bits per heavy atom. The predicted octanol–water partition coefficient (Wildman–Crippen LogP) is 4.41. The molecular formula is C21H19ClF2N4O. The molecule has 3 aromatic rings. The zero-order chi connectivity index (χ0) is 20.4. The van der Waals surface area contributed by atoms with E-state index in [1.165, 1.54) is 0 Å². The van der Waals surface area contributed by atoms with E-state index in [-0.39, 0.29) is 11.6 Å². The lowest BCUT2D eigenvalue weighted by molar-refractivity contribution is 0.0927. The molecule has 0 aliphatic carbocycles. The van der Waals surface area contributed by atoms with Crippen molar-refractivity contribution in [2.24, 2.45) is 0 Å². The van der Waals surface area contributed by atoms with Crippen LogP contribution in [0.15, 0.2) is 48.5 Å². The van der Waals surface area contributed by atoms with Crippen molar-refractivity contribution in [1.29, 1.82) is 0 Å². The average Bonchev–Trinajstić information content (AvgIpc) is 3.19. The number of aromatic amines is 1. The Hall–Kier alpha value is -2.93. The first-order valence-electron chi connectivity index (χ1n) is 9.32. The van der Waals surface area contributed by atoms with Crippen molar-refractivity contribution in [3.05, 3.63) is 70.8 Å². The minimum Gasteiger partial charge on any atom is -0.355 e. The molecule has 1 aliphatic heterocycles. The smallest absolute Gasteiger partial charge is 0.254 e. The van der Waals surface area contributed by atoms with Gasteiger partial charge in [0.1, 0.15) is 11.6 Å². The number of amides is 1. The molecule has 2 heterocycles. The zero-order valence-electron chi connectivity index (χ0n) is 15.5. The SMILES string of the molecule is O=C(NC1CCN(c2cc(-c3ccc(Cl)cc3)[nH]n2)CC1)c1ccc(F)cc1F. The highest BCUT2D eigenvalue weighted by molar-refractivity contribution is 6.30. The molecule has 0 saturated carbocycles. The fourth-order valence-corrected chi connectivity index (χ4v) is 3.57. The molecule has 8 heteroatoms. The molecule has 150 valence electrons. The number of carbonyl (C=O) groups excluding carboxylic acids is 1. The molecule has 0 atom stereocenters. The maximum Gasteiger partial charge on any atom is 0.254 e. The second-order valence-electron chi connectivity index (χ2n) is 7.01. The molecule has 1 aliphatic rings. The topological polar surface area (TPSA) is 61.0 Å². The molecule has 1 aromatic heterocycles. The molecule has 29 heavy (non-hydrogen) atoms. The fourth-order valence-electron chi connectivity index (χ4n) is 3.44. The number of carbonyl (C=O) groups is 1. The minimum atomic E-state index is -0.855. The van der Waals surface area contributed by atoms with Crippen molar-refractivity contribution in [3.8, 4) is 11.3 Å². The van der Waals surface area contributed by atoms with E-state index in [1.807, 2.05) is 30.3 Å². The lowest BCUT2D eigenvalue weighted by Gasteiger charge is -2.32. The number of nitrogens with one attached hydrogen (secondary N) is 2. The molecule has 5 nitrogen and oxygen atoms in total. The summed E-state index contributed by atoms with van der Waals surface area (Å²) in [5.74, 6) is -1.24. The molecular weight excluding hydrogens is 398 g/mol. The second kappa shape index (κ2) is 8.21. The number of aromatic nitrogens is 2. The summed E-state index contributed by atoms with van der Waals surface area (Å²) in [5.41, 5.74) is 1.75. The van der Waals surface area contributed by atoms with Crippen LogP contribution in [-0.4, -0.2) is 35.2 Å². The van der Waals surface area contributed by atoms with Gasteiger partial charge in [-0.3, -0.25) is 9.89 Å². The standard InChI is InChI=1S/C21H19ClF2N4O/c22-14-3-1-13(2-4-14)19-12-20(27-26-19)28-9-7-16(8-10-28)25-21(29)17-6-5-15(23)11-18(17)24/h1-6,11-12,16H,7-10H2,(H,25,29)(H,26,27). The van der Waals surface area contributed by atoms with Crippen LogP contribution in [0.5, 0.6) is 0 Å². The molecule has 1 saturated heterocycles. The molecule has 0 radical (unpaired) electrons. The van der Waals surface area contributed by atoms with Gasteiger partial charge in [0.05, 0.1) is 11.3 Å². The molecule has 1 amide bonds. The van der Waals surface area contributed by atoms with E-state index < -0.39 is 17.5 Å². The first-order chi connectivity index (χ1) is 14.0. The van der Waals surface area contributed by atoms with Gasteiger partial charge in [0.2, 0.25) is 0 Å². The minimum absolute atomic E-state index is 0.0714. The number of hydrogen-bond acceptors (Lipinski definition) is 3. The number of benzene rings is 2. The van der Waals surface area contributed by atoms with Gasteiger partial charge in [0, 0.05) is 36.3 Å². The summed E-state index contributed by atoms with van der Waals surface area (Å²) >= 11 is 5.93. The third-order valence-electron chi connectivity index (χ3n) is 5.05. The van der Waals surface area contributed by atoms with Gasteiger partial charge in [-0.15, -0.1) is 0 Å². The number of hydrogen-bond donors (Lipinski definition) is 2. The van der Waals surface area contributed by atoms with E-state index in [0.29, 0.717) is 37.0 Å². The highest BCUT2D eigenvalue weighted by Crippen LogP contribution is 2.25. The Morgan fingerprint density at radius 1 is 1.10 bits per heavy atom. The van der Waals surface area contributed by atoms with Crippen molar-refractivity contribution in [1.82, 2.24) is 15.5 Å². The number of nitrogens with zero attached hydrogens (tertiary/aromatic N) is 2. The Kier molecular flexibility index (Phi) is 5.49. The summed E-state index contributed by atoms with van der Waals surface area (Å²) < 4.78 is 26.8. The number of H-pyrrole nitrogens is 1. The van der Waals surface area contributed by atoms with Crippen LogP contribution in [0.4, 0.5) is 14.6 Å². The molecule has 4 rings (SSSR count). The normalized spacial score (nSPS) is 14.8. The van der Waals surface area contributed by atoms with Crippen LogP contribution < -0.4 is 10.2 Å². The van der Waals surface area contributed by atoms with Gasteiger partial charge in [-0.1, -0.05) is 23.7 Å². The van der Waals surface area contributed by atoms with E-state index in [2.05, 4.69) is 20.4 Å². The summed E-state index contributed by atoms with van der Waals surface area (Å²) in [5, 5.41) is 10.9. The Bertz CT molecular complexity index is 1010. The van der Waals surface area contributed by atoms with E-state index in [9.17, 15) is 13.6 Å². The summed E-state index contributed by atoms with van der Waals surface area (Å²) in [7, 11) is 0. The van der Waals surface area contributed by atoms with Crippen LogP contribution in [-0.2, 0) is 0 Å². The van der Waals surface area contributed by atoms with E-state index in [0.717, 1.165) is 29.2 Å². The number of piperidine rings is 1. The van der Waals surface area contributed by atoms with Crippen molar-refractivity contribution in [2.45, 2.75) is 18.9 Å². The van der Waals surface area contributed by atoms with Gasteiger partial charge in [0.15, 0.2) is 5.82 Å². The van der Waals surface area contributed by atoms with Crippen molar-refractivity contribution in [3.63, 3.8) is 0 Å². The summed E-state index contributed by atoms with van der Waals surface area (Å²) in [6.45, 7) is 1.42. The maximum absolute atomic E-state index is 13.8. The van der Waals surface area contributed by atoms with Gasteiger partial charge in [-0.05, 0) is 42.7 Å². The van der Waals surface area contributed by atoms with E-state index in [4.69, 9.17) is 11.6 Å². The molecule has 0 unspecified atom stereocenters. The third kappa shape index (κ3) is 4.40. The third-order valence-corrected chi connectivity index (χ3v) is 5.30. The summed E-state index contributed by atoms with van der Waals surface area (Å²) in [6, 6.07) is 12.4. The fraction of sp³-hybridized carbons (Fsp3) is 0.238. The summed E-state index contributed by atoms with van der Waals surface area (Å²) in [6.07, 6.45) is 1.41. The molecule has 0 bridgehead atoms. The summed E-state index contributed by atoms with van der Waals surface area (Å²) in [4.78, 5) is 14.4. The van der Waals surface area contributed by atoms with Gasteiger partial charge < -0.3 is 10.2 Å². The Morgan fingerprint density at radius 2 is 1.83 bits per heavy atom. The van der Waals surface area contributed by atoms with Crippen LogP contribution >= 0.6 is 11.6 Å². The highest BCUT2D eigenvalue weighted by atomic mass is 35.5. The highest BCUT2D eigenvalue weighted by Gasteiger charge is 2.24. The van der Waals surface area contributed by atoms with Crippen LogP contribution in [0.3, 0.4) is 0 Å². The first kappa shape index (κ1) is 19.4. The van der Waals surface area contributed by atoms with E-state index in [1.54, 1.807) is 0 Å². The van der Waals surface area contributed by atoms with Gasteiger partial charge in [-0.25, -0.2) is 8.78 Å². The predicted molar refractivity (Wildman–Crippen MR) is 108 cm³/mol. The molecule has 1 fully saturated rings. The molecule has 2 N–H and O–H groups in total. The number of anilines is 1. The lowest BCUT2D eigenvalue weighted by atomic mass is 10.0. The van der Waals surface area contributed by atoms with Crippen LogP contribution in [0.2, 0.25) is 5.02 Å². The monoisotopic (exact) mass is 416 g/mol. The van der Waals surface area contributed by atoms with Crippen LogP contribution in [0.1, 0.15) is 23.2 Å². The van der Waals surface area contributed by atoms with Crippen molar-refractivity contribution >= 4 is 23.3 Å². The Balaban J connectivity index is 1.35. The Labute approximate surface area is 171 Å². The molecule has 2 aromatic carbocycles. The van der Waals surface area contributed by atoms with Gasteiger partial charge >= 0.3 is 0 Å². The molecule has 0 spiro atoms. The number of rotatable bonds is 4. The second-order valence-corrected chi connectivity index (χ2v) is 7.44. The van der Waals surface area contributed by atoms with Crippen LogP contribution in [0.25, 0.3) is 11.3 Å². The number of halogens is 3. The van der Waals surface area contributed by atoms with Gasteiger partial charge in [-0.2, -0.15) is 5.10 Å². The maximum atomic E-state index is 13.8.